The number of ether oxygens (including phenoxy) is 1. The third-order valence-corrected chi connectivity index (χ3v) is 4.85. The molecule has 1 amide bonds. The van der Waals surface area contributed by atoms with Crippen LogP contribution < -0.4 is 10.1 Å². The van der Waals surface area contributed by atoms with E-state index in [2.05, 4.69) is 29.3 Å². The summed E-state index contributed by atoms with van der Waals surface area (Å²) in [6, 6.07) is 8.60. The van der Waals surface area contributed by atoms with E-state index in [1.54, 1.807) is 7.11 Å². The predicted molar refractivity (Wildman–Crippen MR) is 82.5 cm³/mol. The molecule has 2 fully saturated rings. The molecule has 114 valence electrons. The molecule has 3 unspecified atom stereocenters. The van der Waals surface area contributed by atoms with Crippen molar-refractivity contribution in [1.82, 2.24) is 10.2 Å². The fourth-order valence-corrected chi connectivity index (χ4v) is 3.56. The van der Waals surface area contributed by atoms with Crippen LogP contribution in [0.25, 0.3) is 0 Å². The maximum absolute atomic E-state index is 12.6. The van der Waals surface area contributed by atoms with E-state index < -0.39 is 0 Å². The van der Waals surface area contributed by atoms with Gasteiger partial charge in [-0.1, -0.05) is 12.1 Å². The van der Waals surface area contributed by atoms with Crippen molar-refractivity contribution in [3.63, 3.8) is 0 Å². The highest BCUT2D eigenvalue weighted by molar-refractivity contribution is 5.80. The monoisotopic (exact) mass is 288 g/mol. The Labute approximate surface area is 126 Å². The van der Waals surface area contributed by atoms with E-state index in [4.69, 9.17) is 4.74 Å². The van der Waals surface area contributed by atoms with Crippen LogP contribution >= 0.6 is 0 Å². The number of benzene rings is 1. The maximum Gasteiger partial charge on any atom is 0.227 e. The first kappa shape index (κ1) is 14.4. The highest BCUT2D eigenvalue weighted by Gasteiger charge is 2.36. The molecule has 0 radical (unpaired) electrons. The van der Waals surface area contributed by atoms with E-state index in [0.29, 0.717) is 17.9 Å². The molecule has 0 bridgehead atoms. The molecule has 2 aliphatic heterocycles. The molecule has 2 aliphatic rings. The first-order valence-electron chi connectivity index (χ1n) is 7.84. The van der Waals surface area contributed by atoms with Gasteiger partial charge in [-0.3, -0.25) is 4.79 Å². The summed E-state index contributed by atoms with van der Waals surface area (Å²) < 4.78 is 5.21. The lowest BCUT2D eigenvalue weighted by Gasteiger charge is -2.24. The lowest BCUT2D eigenvalue weighted by atomic mass is 9.97. The lowest BCUT2D eigenvalue weighted by Crippen LogP contribution is -2.39. The summed E-state index contributed by atoms with van der Waals surface area (Å²) in [5, 5.41) is 3.29. The highest BCUT2D eigenvalue weighted by Crippen LogP contribution is 2.33. The van der Waals surface area contributed by atoms with Crippen LogP contribution in [-0.4, -0.2) is 43.6 Å². The van der Waals surface area contributed by atoms with Gasteiger partial charge < -0.3 is 15.0 Å². The summed E-state index contributed by atoms with van der Waals surface area (Å²) in [7, 11) is 1.68. The minimum Gasteiger partial charge on any atom is -0.497 e. The van der Waals surface area contributed by atoms with Gasteiger partial charge >= 0.3 is 0 Å². The third kappa shape index (κ3) is 2.91. The zero-order valence-corrected chi connectivity index (χ0v) is 12.8. The van der Waals surface area contributed by atoms with Crippen molar-refractivity contribution in [2.24, 2.45) is 5.92 Å². The number of nitrogens with one attached hydrogen (secondary N) is 1. The number of carbonyl (C=O) groups excluding carboxylic acids is 1. The van der Waals surface area contributed by atoms with Crippen molar-refractivity contribution in [2.75, 3.05) is 26.7 Å². The van der Waals surface area contributed by atoms with Gasteiger partial charge in [0.25, 0.3) is 0 Å². The van der Waals surface area contributed by atoms with Crippen molar-refractivity contribution in [3.8, 4) is 5.75 Å². The fourth-order valence-electron chi connectivity index (χ4n) is 3.56. The number of nitrogens with zero attached hydrogens (tertiary/aromatic N) is 1. The highest BCUT2D eigenvalue weighted by atomic mass is 16.5. The van der Waals surface area contributed by atoms with Gasteiger partial charge in [-0.2, -0.15) is 0 Å². The van der Waals surface area contributed by atoms with Crippen molar-refractivity contribution in [3.05, 3.63) is 29.8 Å². The van der Waals surface area contributed by atoms with Crippen LogP contribution in [0, 0.1) is 5.92 Å². The van der Waals surface area contributed by atoms with Gasteiger partial charge in [-0.15, -0.1) is 0 Å². The summed E-state index contributed by atoms with van der Waals surface area (Å²) in [6.45, 7) is 4.84. The van der Waals surface area contributed by atoms with Gasteiger partial charge in [0.05, 0.1) is 13.0 Å². The minimum absolute atomic E-state index is 0.182. The maximum atomic E-state index is 12.6. The van der Waals surface area contributed by atoms with Gasteiger partial charge in [0.15, 0.2) is 0 Å². The van der Waals surface area contributed by atoms with E-state index in [1.165, 1.54) is 5.56 Å². The normalized spacial score (nSPS) is 28.9. The second-order valence-corrected chi connectivity index (χ2v) is 6.24. The van der Waals surface area contributed by atoms with E-state index in [1.807, 2.05) is 12.1 Å². The molecule has 2 heterocycles. The molecule has 3 rings (SSSR count). The molecule has 21 heavy (non-hydrogen) atoms. The quantitative estimate of drug-likeness (QED) is 0.925. The first-order chi connectivity index (χ1) is 10.2. The average Bonchev–Trinajstić information content (AvgIpc) is 3.16. The van der Waals surface area contributed by atoms with Gasteiger partial charge in [-0.05, 0) is 44.0 Å². The van der Waals surface area contributed by atoms with Crippen molar-refractivity contribution in [2.45, 2.75) is 31.7 Å². The molecule has 1 N–H and O–H groups in total. The lowest BCUT2D eigenvalue weighted by molar-refractivity contribution is -0.135. The summed E-state index contributed by atoms with van der Waals surface area (Å²) in [5.74, 6) is 1.85. The number of methoxy groups -OCH3 is 1. The largest absolute Gasteiger partial charge is 0.497 e. The molecule has 0 saturated carbocycles. The Morgan fingerprint density at radius 2 is 2.10 bits per heavy atom. The summed E-state index contributed by atoms with van der Waals surface area (Å²) in [5.41, 5.74) is 1.31. The predicted octanol–water partition coefficient (Wildman–Crippen LogP) is 2.01. The Hall–Kier alpha value is -1.55. The zero-order valence-electron chi connectivity index (χ0n) is 12.8. The molecular weight excluding hydrogens is 264 g/mol. The Balaban J connectivity index is 1.68. The third-order valence-electron chi connectivity index (χ3n) is 4.85. The molecule has 0 aromatic heterocycles. The number of carbonyl (C=O) groups is 1. The van der Waals surface area contributed by atoms with Gasteiger partial charge in [0, 0.05) is 25.0 Å². The Bertz CT molecular complexity index is 494. The Morgan fingerprint density at radius 1 is 1.33 bits per heavy atom. The van der Waals surface area contributed by atoms with Crippen LogP contribution in [0.3, 0.4) is 0 Å². The molecule has 2 saturated heterocycles. The smallest absolute Gasteiger partial charge is 0.227 e. The number of hydrogen-bond acceptors (Lipinski definition) is 3. The first-order valence-corrected chi connectivity index (χ1v) is 7.84. The van der Waals surface area contributed by atoms with E-state index in [9.17, 15) is 4.79 Å². The minimum atomic E-state index is 0.182. The van der Waals surface area contributed by atoms with E-state index >= 15 is 0 Å². The van der Waals surface area contributed by atoms with Gasteiger partial charge in [0.1, 0.15) is 5.75 Å². The van der Waals surface area contributed by atoms with Crippen LogP contribution in [0.5, 0.6) is 5.75 Å². The van der Waals surface area contributed by atoms with Crippen LogP contribution in [0.1, 0.15) is 31.2 Å². The average molecular weight is 288 g/mol. The topological polar surface area (TPSA) is 41.6 Å². The Kier molecular flexibility index (Phi) is 4.15. The van der Waals surface area contributed by atoms with E-state index in [0.717, 1.165) is 38.2 Å². The van der Waals surface area contributed by atoms with Crippen LogP contribution in [0.4, 0.5) is 0 Å². The second-order valence-electron chi connectivity index (χ2n) is 6.24. The second kappa shape index (κ2) is 6.06. The number of rotatable bonds is 3. The van der Waals surface area contributed by atoms with Gasteiger partial charge in [-0.25, -0.2) is 0 Å². The molecule has 0 aliphatic carbocycles. The fraction of sp³-hybridized carbons (Fsp3) is 0.588. The molecule has 4 nitrogen and oxygen atoms in total. The number of amides is 1. The Morgan fingerprint density at radius 3 is 2.71 bits per heavy atom. The summed E-state index contributed by atoms with van der Waals surface area (Å²) in [4.78, 5) is 14.7. The number of hydrogen-bond donors (Lipinski definition) is 1. The van der Waals surface area contributed by atoms with Crippen LogP contribution in [0.15, 0.2) is 24.3 Å². The molecule has 0 spiro atoms. The molecule has 1 aromatic rings. The standard InChI is InChI=1S/C17H24N2O2/c1-12-9-15(13-3-5-16(21-2)6-4-13)11-19(12)17(20)14-7-8-18-10-14/h3-6,12,14-15,18H,7-11H2,1-2H3. The van der Waals surface area contributed by atoms with E-state index in [-0.39, 0.29) is 5.92 Å². The van der Waals surface area contributed by atoms with Crippen molar-refractivity contribution >= 4 is 5.91 Å². The SMILES string of the molecule is COc1ccc(C2CC(C)N(C(=O)C3CCNC3)C2)cc1. The molecule has 3 atom stereocenters. The number of likely N-dealkylation sites (tertiary alicyclic amines) is 1. The molecular formula is C17H24N2O2. The van der Waals surface area contributed by atoms with Crippen LogP contribution in [0.2, 0.25) is 0 Å². The molecule has 4 heteroatoms. The summed E-state index contributed by atoms with van der Waals surface area (Å²) in [6.07, 6.45) is 2.04. The molecule has 1 aromatic carbocycles. The van der Waals surface area contributed by atoms with Crippen LogP contribution in [-0.2, 0) is 4.79 Å². The zero-order chi connectivity index (χ0) is 14.8. The van der Waals surface area contributed by atoms with Gasteiger partial charge in [0.2, 0.25) is 5.91 Å². The summed E-state index contributed by atoms with van der Waals surface area (Å²) >= 11 is 0. The van der Waals surface area contributed by atoms with Crippen molar-refractivity contribution < 1.29 is 9.53 Å². The van der Waals surface area contributed by atoms with Crippen molar-refractivity contribution in [1.29, 1.82) is 0 Å².